The topological polar surface area (TPSA) is 85.1 Å². The summed E-state index contributed by atoms with van der Waals surface area (Å²) in [6.45, 7) is 6.76. The lowest BCUT2D eigenvalue weighted by molar-refractivity contribution is -0.124. The number of rotatable bonds is 8. The molecule has 2 aromatic rings. The van der Waals surface area contributed by atoms with Gasteiger partial charge in [-0.3, -0.25) is 14.5 Å². The highest BCUT2D eigenvalue weighted by Crippen LogP contribution is 2.30. The number of hydrogen-bond donors (Lipinski definition) is 1. The van der Waals surface area contributed by atoms with Gasteiger partial charge in [0.2, 0.25) is 5.91 Å². The van der Waals surface area contributed by atoms with Crippen molar-refractivity contribution in [3.63, 3.8) is 0 Å². The van der Waals surface area contributed by atoms with Gasteiger partial charge in [0, 0.05) is 36.8 Å². The fraction of sp³-hybridized carbons (Fsp3) is 0.417. The Balaban J connectivity index is 1.67. The van der Waals surface area contributed by atoms with Crippen LogP contribution in [0.15, 0.2) is 42.5 Å². The molecule has 8 heteroatoms. The fourth-order valence-corrected chi connectivity index (χ4v) is 3.87. The van der Waals surface area contributed by atoms with Gasteiger partial charge in [-0.15, -0.1) is 0 Å². The van der Waals surface area contributed by atoms with Crippen molar-refractivity contribution in [3.05, 3.63) is 58.6 Å². The molecule has 2 N–H and O–H groups in total. The van der Waals surface area contributed by atoms with Crippen LogP contribution in [-0.2, 0) is 4.79 Å². The molecule has 2 aromatic carbocycles. The summed E-state index contributed by atoms with van der Waals surface area (Å²) in [5, 5.41) is 0.600. The number of halogens is 1. The number of hydrogen-bond acceptors (Lipinski definition) is 5. The minimum absolute atomic E-state index is 0.0829. The van der Waals surface area contributed by atoms with Gasteiger partial charge in [-0.25, -0.2) is 0 Å². The molecule has 3 rings (SSSR count). The number of carbonyl (C=O) groups excluding carboxylic acids is 2. The summed E-state index contributed by atoms with van der Waals surface area (Å²) < 4.78 is 11.2. The zero-order valence-electron chi connectivity index (χ0n) is 18.7. The molecule has 0 spiro atoms. The lowest BCUT2D eigenvalue weighted by Crippen LogP contribution is -2.51. The maximum absolute atomic E-state index is 13.1. The minimum atomic E-state index is -0.554. The first-order chi connectivity index (χ1) is 15.3. The molecule has 32 heavy (non-hydrogen) atoms. The molecular weight excluding hydrogens is 430 g/mol. The van der Waals surface area contributed by atoms with E-state index in [4.69, 9.17) is 26.8 Å². The van der Waals surface area contributed by atoms with Crippen molar-refractivity contribution in [1.29, 1.82) is 0 Å². The van der Waals surface area contributed by atoms with Crippen LogP contribution in [0, 0.1) is 5.92 Å². The first kappa shape index (κ1) is 23.9. The Morgan fingerprint density at radius 2 is 1.69 bits per heavy atom. The van der Waals surface area contributed by atoms with Gasteiger partial charge >= 0.3 is 0 Å². The zero-order valence-corrected chi connectivity index (χ0v) is 19.5. The fourth-order valence-electron chi connectivity index (χ4n) is 3.74. The molecule has 1 aliphatic heterocycles. The second-order valence-electron chi connectivity index (χ2n) is 8.26. The lowest BCUT2D eigenvalue weighted by atomic mass is 10.0. The Hall–Kier alpha value is -2.77. The highest BCUT2D eigenvalue weighted by Gasteiger charge is 2.31. The molecular formula is C24H30ClN3O4. The highest BCUT2D eigenvalue weighted by atomic mass is 35.5. The van der Waals surface area contributed by atoms with Crippen LogP contribution in [0.25, 0.3) is 0 Å². The van der Waals surface area contributed by atoms with E-state index in [0.29, 0.717) is 60.8 Å². The van der Waals surface area contributed by atoms with Crippen LogP contribution >= 0.6 is 11.6 Å². The maximum atomic E-state index is 13.1. The molecule has 0 radical (unpaired) electrons. The molecule has 1 atom stereocenters. The number of amides is 2. The van der Waals surface area contributed by atoms with Crippen molar-refractivity contribution in [3.8, 4) is 11.5 Å². The van der Waals surface area contributed by atoms with Gasteiger partial charge in [-0.05, 0) is 41.8 Å². The van der Waals surface area contributed by atoms with Crippen molar-refractivity contribution >= 4 is 23.4 Å². The number of benzene rings is 2. The van der Waals surface area contributed by atoms with E-state index in [1.807, 2.05) is 17.0 Å². The monoisotopic (exact) mass is 459 g/mol. The van der Waals surface area contributed by atoms with Crippen LogP contribution in [-0.4, -0.2) is 61.5 Å². The van der Waals surface area contributed by atoms with E-state index >= 15 is 0 Å². The second kappa shape index (κ2) is 10.7. The first-order valence-corrected chi connectivity index (χ1v) is 11.1. The Bertz CT molecular complexity index is 941. The van der Waals surface area contributed by atoms with Gasteiger partial charge < -0.3 is 20.1 Å². The Labute approximate surface area is 194 Å². The molecule has 0 bridgehead atoms. The molecule has 172 valence electrons. The zero-order chi connectivity index (χ0) is 23.3. The summed E-state index contributed by atoms with van der Waals surface area (Å²) in [5.74, 6) is 1.03. The molecule has 7 nitrogen and oxygen atoms in total. The van der Waals surface area contributed by atoms with E-state index in [0.717, 1.165) is 5.56 Å². The normalized spacial score (nSPS) is 15.5. The number of piperazine rings is 1. The van der Waals surface area contributed by atoms with Crippen molar-refractivity contribution in [2.45, 2.75) is 19.9 Å². The average molecular weight is 460 g/mol. The quantitative estimate of drug-likeness (QED) is 0.654. The van der Waals surface area contributed by atoms with Crippen molar-refractivity contribution in [1.82, 2.24) is 9.80 Å². The summed E-state index contributed by atoms with van der Waals surface area (Å²) in [4.78, 5) is 29.0. The van der Waals surface area contributed by atoms with Gasteiger partial charge in [-0.2, -0.15) is 0 Å². The lowest BCUT2D eigenvalue weighted by Gasteiger charge is -2.38. The van der Waals surface area contributed by atoms with E-state index in [1.165, 1.54) is 0 Å². The Kier molecular flexibility index (Phi) is 7.99. The second-order valence-corrected chi connectivity index (χ2v) is 8.69. The Morgan fingerprint density at radius 1 is 1.03 bits per heavy atom. The summed E-state index contributed by atoms with van der Waals surface area (Å²) in [7, 11) is 1.56. The SMILES string of the molecule is COc1cc(C(=O)N2CCN(C(C(N)=O)c3ccc(Cl)cc3)CC2)ccc1OCC(C)C. The van der Waals surface area contributed by atoms with Gasteiger partial charge in [0.25, 0.3) is 5.91 Å². The average Bonchev–Trinajstić information content (AvgIpc) is 2.78. The number of nitrogens with zero attached hydrogens (tertiary/aromatic N) is 2. The predicted molar refractivity (Wildman–Crippen MR) is 124 cm³/mol. The standard InChI is InChI=1S/C24H30ClN3O4/c1-16(2)15-32-20-9-6-18(14-21(20)31-3)24(30)28-12-10-27(11-13-28)22(23(26)29)17-4-7-19(25)8-5-17/h4-9,14,16,22H,10-13,15H2,1-3H3,(H2,26,29). The number of ether oxygens (including phenoxy) is 2. The van der Waals surface area contributed by atoms with Crippen molar-refractivity contribution in [2.75, 3.05) is 39.9 Å². The third-order valence-electron chi connectivity index (χ3n) is 5.40. The van der Waals surface area contributed by atoms with Gasteiger partial charge in [0.05, 0.1) is 13.7 Å². The third-order valence-corrected chi connectivity index (χ3v) is 5.66. The van der Waals surface area contributed by atoms with Crippen molar-refractivity contribution in [2.24, 2.45) is 11.7 Å². The summed E-state index contributed by atoms with van der Waals surface area (Å²) >= 11 is 5.97. The van der Waals surface area contributed by atoms with Crippen LogP contribution in [0.5, 0.6) is 11.5 Å². The smallest absolute Gasteiger partial charge is 0.254 e. The van der Waals surface area contributed by atoms with Crippen LogP contribution in [0.4, 0.5) is 0 Å². The van der Waals surface area contributed by atoms with Gasteiger partial charge in [-0.1, -0.05) is 37.6 Å². The van der Waals surface area contributed by atoms with Crippen LogP contribution in [0.2, 0.25) is 5.02 Å². The molecule has 1 unspecified atom stereocenters. The van der Waals surface area contributed by atoms with E-state index in [-0.39, 0.29) is 5.91 Å². The first-order valence-electron chi connectivity index (χ1n) is 10.7. The molecule has 0 saturated carbocycles. The molecule has 1 heterocycles. The van der Waals surface area contributed by atoms with Crippen molar-refractivity contribution < 1.29 is 19.1 Å². The van der Waals surface area contributed by atoms with Crippen LogP contribution < -0.4 is 15.2 Å². The van der Waals surface area contributed by atoms with Gasteiger partial charge in [0.1, 0.15) is 6.04 Å². The third kappa shape index (κ3) is 5.72. The summed E-state index contributed by atoms with van der Waals surface area (Å²) in [5.41, 5.74) is 7.03. The summed E-state index contributed by atoms with van der Waals surface area (Å²) in [6, 6.07) is 11.8. The van der Waals surface area contributed by atoms with E-state index in [1.54, 1.807) is 42.3 Å². The van der Waals surface area contributed by atoms with E-state index < -0.39 is 11.9 Å². The van der Waals surface area contributed by atoms with Gasteiger partial charge in [0.15, 0.2) is 11.5 Å². The van der Waals surface area contributed by atoms with Crippen LogP contribution in [0.3, 0.4) is 0 Å². The minimum Gasteiger partial charge on any atom is -0.493 e. The molecule has 0 aromatic heterocycles. The maximum Gasteiger partial charge on any atom is 0.254 e. The molecule has 1 saturated heterocycles. The van der Waals surface area contributed by atoms with E-state index in [9.17, 15) is 9.59 Å². The Morgan fingerprint density at radius 3 is 2.25 bits per heavy atom. The predicted octanol–water partition coefficient (Wildman–Crippen LogP) is 3.37. The molecule has 2 amide bonds. The number of carbonyl (C=O) groups is 2. The number of methoxy groups -OCH3 is 1. The van der Waals surface area contributed by atoms with Crippen LogP contribution in [0.1, 0.15) is 35.8 Å². The molecule has 0 aliphatic carbocycles. The summed E-state index contributed by atoms with van der Waals surface area (Å²) in [6.07, 6.45) is 0. The highest BCUT2D eigenvalue weighted by molar-refractivity contribution is 6.30. The number of nitrogens with two attached hydrogens (primary N) is 1. The molecule has 1 fully saturated rings. The largest absolute Gasteiger partial charge is 0.493 e. The van der Waals surface area contributed by atoms with E-state index in [2.05, 4.69) is 13.8 Å². The number of primary amides is 1. The molecule has 1 aliphatic rings.